The number of esters is 2. The fraction of sp³-hybridized carbons (Fsp3) is 0.481. The molecule has 4 heterocycles. The number of aromatic nitrogens is 2. The molecule has 0 saturated carbocycles. The van der Waals surface area contributed by atoms with Crippen LogP contribution in [0.5, 0.6) is 5.75 Å². The maximum atomic E-state index is 13.8. The number of ether oxygens (including phenoxy) is 5. The van der Waals surface area contributed by atoms with Crippen LogP contribution in [0.3, 0.4) is 0 Å². The molecule has 2 aromatic heterocycles. The lowest BCUT2D eigenvalue weighted by atomic mass is 10.0. The molecule has 0 amide bonds. The van der Waals surface area contributed by atoms with E-state index in [4.69, 9.17) is 28.7 Å². The summed E-state index contributed by atoms with van der Waals surface area (Å²) in [6, 6.07) is 3.48. The number of carbonyl (C=O) groups excluding carboxylic acids is 2. The van der Waals surface area contributed by atoms with Crippen molar-refractivity contribution in [1.82, 2.24) is 9.55 Å². The maximum absolute atomic E-state index is 13.8. The van der Waals surface area contributed by atoms with Crippen LogP contribution >= 0.6 is 23.1 Å². The van der Waals surface area contributed by atoms with Gasteiger partial charge in [-0.25, -0.2) is 14.6 Å². The standard InChI is InChI=1S/C27H30N2O8S2/c1-4-34-25(31)16-9-17-12-33-14-37-21(17)18(10-16)13-38-27-28-23-20(15(3)22(39-23)26(32)35-5-2)24(30)29(27)11-19-7-6-8-36-19/h9-10,19H,4-8,11-14H2,1-3H3/t19-/m0/s1. The van der Waals surface area contributed by atoms with Gasteiger partial charge in [0.1, 0.15) is 15.5 Å². The lowest BCUT2D eigenvalue weighted by Crippen LogP contribution is -2.28. The second kappa shape index (κ2) is 12.1. The Morgan fingerprint density at radius 2 is 2.00 bits per heavy atom. The first kappa shape index (κ1) is 27.6. The number of rotatable bonds is 9. The summed E-state index contributed by atoms with van der Waals surface area (Å²) in [7, 11) is 0. The molecule has 1 aromatic carbocycles. The first-order valence-corrected chi connectivity index (χ1v) is 14.7. The monoisotopic (exact) mass is 574 g/mol. The Kier molecular flexibility index (Phi) is 8.55. The first-order chi connectivity index (χ1) is 18.9. The van der Waals surface area contributed by atoms with Crippen LogP contribution in [-0.2, 0) is 37.9 Å². The van der Waals surface area contributed by atoms with Gasteiger partial charge >= 0.3 is 11.9 Å². The van der Waals surface area contributed by atoms with Gasteiger partial charge in [-0.15, -0.1) is 11.3 Å². The minimum absolute atomic E-state index is 0.0925. The fourth-order valence-corrected chi connectivity index (χ4v) is 6.82. The van der Waals surface area contributed by atoms with Crippen molar-refractivity contribution in [2.45, 2.75) is 63.8 Å². The second-order valence-corrected chi connectivity index (χ2v) is 11.1. The Morgan fingerprint density at radius 1 is 1.21 bits per heavy atom. The summed E-state index contributed by atoms with van der Waals surface area (Å²) in [6.07, 6.45) is 1.70. The smallest absolute Gasteiger partial charge is 0.348 e. The quantitative estimate of drug-likeness (QED) is 0.206. The van der Waals surface area contributed by atoms with Gasteiger partial charge in [0.15, 0.2) is 11.9 Å². The van der Waals surface area contributed by atoms with Gasteiger partial charge in [0.25, 0.3) is 5.56 Å². The number of carbonyl (C=O) groups is 2. The first-order valence-electron chi connectivity index (χ1n) is 12.9. The molecule has 0 bridgehead atoms. The highest BCUT2D eigenvalue weighted by molar-refractivity contribution is 7.98. The number of benzene rings is 1. The van der Waals surface area contributed by atoms with Crippen molar-refractivity contribution in [1.29, 1.82) is 0 Å². The van der Waals surface area contributed by atoms with Gasteiger partial charge in [0.05, 0.1) is 43.4 Å². The molecule has 0 aliphatic carbocycles. The summed E-state index contributed by atoms with van der Waals surface area (Å²) >= 11 is 2.53. The van der Waals surface area contributed by atoms with E-state index < -0.39 is 11.9 Å². The minimum Gasteiger partial charge on any atom is -0.467 e. The van der Waals surface area contributed by atoms with Crippen LogP contribution < -0.4 is 10.3 Å². The highest BCUT2D eigenvalue weighted by Gasteiger charge is 2.26. The van der Waals surface area contributed by atoms with E-state index in [9.17, 15) is 14.4 Å². The normalized spacial score (nSPS) is 16.6. The number of fused-ring (bicyclic) bond motifs is 2. The molecule has 0 unspecified atom stereocenters. The molecular weight excluding hydrogens is 544 g/mol. The molecule has 5 rings (SSSR count). The molecule has 1 fully saturated rings. The Hall–Kier alpha value is -2.93. The molecule has 0 N–H and O–H groups in total. The topological polar surface area (TPSA) is 115 Å². The molecule has 3 aromatic rings. The number of thioether (sulfide) groups is 1. The van der Waals surface area contributed by atoms with Crippen molar-refractivity contribution in [2.75, 3.05) is 26.6 Å². The predicted octanol–water partition coefficient (Wildman–Crippen LogP) is 4.46. The third-order valence-corrected chi connectivity index (χ3v) is 8.73. The van der Waals surface area contributed by atoms with Crippen LogP contribution in [0.4, 0.5) is 0 Å². The molecule has 0 radical (unpaired) electrons. The summed E-state index contributed by atoms with van der Waals surface area (Å²) in [5.74, 6) is 0.160. The molecule has 2 aliphatic heterocycles. The predicted molar refractivity (Wildman–Crippen MR) is 146 cm³/mol. The SMILES string of the molecule is CCOC(=O)c1cc2c(c(CSc3nc4sc(C(=O)OCC)c(C)c4c(=O)n3C[C@@H]3CCCO3)c1)OCOC2. The molecular formula is C27H30N2O8S2. The van der Waals surface area contributed by atoms with Gasteiger partial charge in [-0.1, -0.05) is 11.8 Å². The third kappa shape index (κ3) is 5.69. The fourth-order valence-electron chi connectivity index (χ4n) is 4.73. The second-order valence-electron chi connectivity index (χ2n) is 9.15. The lowest BCUT2D eigenvalue weighted by molar-refractivity contribution is -0.0169. The number of thiophene rings is 1. The van der Waals surface area contributed by atoms with Crippen molar-refractivity contribution < 1.29 is 33.3 Å². The van der Waals surface area contributed by atoms with E-state index in [1.165, 1.54) is 11.8 Å². The van der Waals surface area contributed by atoms with Crippen molar-refractivity contribution in [3.63, 3.8) is 0 Å². The van der Waals surface area contributed by atoms with Crippen molar-refractivity contribution in [2.24, 2.45) is 0 Å². The highest BCUT2D eigenvalue weighted by Crippen LogP contribution is 2.36. The molecule has 2 aliphatic rings. The Balaban J connectivity index is 1.54. The zero-order chi connectivity index (χ0) is 27.5. The number of aryl methyl sites for hydroxylation is 1. The molecule has 1 atom stereocenters. The highest BCUT2D eigenvalue weighted by atomic mass is 32.2. The van der Waals surface area contributed by atoms with Crippen LogP contribution in [-0.4, -0.2) is 54.2 Å². The van der Waals surface area contributed by atoms with Crippen LogP contribution in [0, 0.1) is 6.92 Å². The van der Waals surface area contributed by atoms with Gasteiger partial charge in [-0.05, 0) is 51.3 Å². The minimum atomic E-state index is -0.459. The Labute approximate surface area is 233 Å². The largest absolute Gasteiger partial charge is 0.467 e. The molecule has 39 heavy (non-hydrogen) atoms. The molecule has 208 valence electrons. The summed E-state index contributed by atoms with van der Waals surface area (Å²) in [4.78, 5) is 44.6. The summed E-state index contributed by atoms with van der Waals surface area (Å²) in [5.41, 5.74) is 2.31. The van der Waals surface area contributed by atoms with E-state index in [0.29, 0.717) is 62.6 Å². The van der Waals surface area contributed by atoms with Gasteiger partial charge in [-0.3, -0.25) is 9.36 Å². The van der Waals surface area contributed by atoms with E-state index in [2.05, 4.69) is 0 Å². The van der Waals surface area contributed by atoms with Crippen LogP contribution in [0.15, 0.2) is 22.1 Å². The average Bonchev–Trinajstić information content (AvgIpc) is 3.57. The van der Waals surface area contributed by atoms with E-state index >= 15 is 0 Å². The molecule has 12 heteroatoms. The van der Waals surface area contributed by atoms with Crippen LogP contribution in [0.2, 0.25) is 0 Å². The maximum Gasteiger partial charge on any atom is 0.348 e. The molecule has 10 nitrogen and oxygen atoms in total. The number of hydrogen-bond acceptors (Lipinski definition) is 11. The third-order valence-electron chi connectivity index (χ3n) is 6.54. The van der Waals surface area contributed by atoms with E-state index in [-0.39, 0.29) is 31.7 Å². The van der Waals surface area contributed by atoms with Crippen LogP contribution in [0.1, 0.15) is 63.4 Å². The molecule has 1 saturated heterocycles. The number of hydrogen-bond donors (Lipinski definition) is 0. The van der Waals surface area contributed by atoms with Gasteiger partial charge < -0.3 is 23.7 Å². The molecule has 0 spiro atoms. The summed E-state index contributed by atoms with van der Waals surface area (Å²) in [6.45, 7) is 7.22. The Morgan fingerprint density at radius 3 is 2.74 bits per heavy atom. The summed E-state index contributed by atoms with van der Waals surface area (Å²) in [5, 5.41) is 0.926. The van der Waals surface area contributed by atoms with Crippen molar-refractivity contribution in [3.05, 3.63) is 49.6 Å². The van der Waals surface area contributed by atoms with E-state index in [1.54, 1.807) is 37.5 Å². The number of nitrogens with zero attached hydrogens (tertiary/aromatic N) is 2. The lowest BCUT2D eigenvalue weighted by Gasteiger charge is -2.22. The summed E-state index contributed by atoms with van der Waals surface area (Å²) < 4.78 is 29.1. The zero-order valence-electron chi connectivity index (χ0n) is 22.1. The van der Waals surface area contributed by atoms with Crippen molar-refractivity contribution >= 4 is 45.3 Å². The average molecular weight is 575 g/mol. The van der Waals surface area contributed by atoms with E-state index in [1.807, 2.05) is 0 Å². The van der Waals surface area contributed by atoms with E-state index in [0.717, 1.165) is 35.3 Å². The van der Waals surface area contributed by atoms with Gasteiger partial charge in [0, 0.05) is 23.5 Å². The van der Waals surface area contributed by atoms with Crippen LogP contribution in [0.25, 0.3) is 10.2 Å². The Bertz CT molecular complexity index is 1460. The van der Waals surface area contributed by atoms with Crippen molar-refractivity contribution in [3.8, 4) is 5.75 Å². The van der Waals surface area contributed by atoms with Gasteiger partial charge in [0.2, 0.25) is 0 Å². The zero-order valence-corrected chi connectivity index (χ0v) is 23.7. The van der Waals surface area contributed by atoms with Gasteiger partial charge in [-0.2, -0.15) is 0 Å².